The number of ether oxygens (including phenoxy) is 1. The van der Waals surface area contributed by atoms with Gasteiger partial charge in [0.05, 0.1) is 19.1 Å². The number of carbonyl (C=O) groups is 1. The lowest BCUT2D eigenvalue weighted by molar-refractivity contribution is -0.143. The number of nitrogens with zero attached hydrogens (tertiary/aromatic N) is 1. The molecule has 1 fully saturated rings. The molecule has 1 atom stereocenters. The van der Waals surface area contributed by atoms with Gasteiger partial charge < -0.3 is 14.7 Å². The number of benzene rings is 2. The number of carboxylic acid groups (broad SMARTS) is 1. The maximum atomic E-state index is 11.2. The van der Waals surface area contributed by atoms with Crippen LogP contribution in [-0.2, 0) is 9.53 Å². The quantitative estimate of drug-likeness (QED) is 0.736. The summed E-state index contributed by atoms with van der Waals surface area (Å²) in [6, 6.07) is 20.9. The van der Waals surface area contributed by atoms with Crippen LogP contribution >= 0.6 is 0 Å². The molecule has 0 aliphatic carbocycles. The standard InChI is InChI=1S/C22H27NO3/c24-22(25)20-12-7-13-23(16-20)14-15-26-17-21(18-8-3-1-4-9-18)19-10-5-2-6-11-19/h1-6,8-11,20-21H,7,12-17H2,(H,24,25)/t20-/m1/s1. The third kappa shape index (κ3) is 5.16. The minimum Gasteiger partial charge on any atom is -0.481 e. The van der Waals surface area contributed by atoms with Crippen LogP contribution in [0, 0.1) is 5.92 Å². The minimum atomic E-state index is -0.677. The number of piperidine rings is 1. The first-order chi connectivity index (χ1) is 12.7. The Morgan fingerprint density at radius 3 is 2.27 bits per heavy atom. The predicted octanol–water partition coefficient (Wildman–Crippen LogP) is 3.63. The fourth-order valence-corrected chi connectivity index (χ4v) is 3.61. The first kappa shape index (κ1) is 18.6. The van der Waals surface area contributed by atoms with Crippen molar-refractivity contribution in [3.63, 3.8) is 0 Å². The Kier molecular flexibility index (Phi) is 6.81. The van der Waals surface area contributed by atoms with E-state index in [4.69, 9.17) is 4.74 Å². The molecule has 2 aromatic carbocycles. The zero-order valence-corrected chi connectivity index (χ0v) is 15.1. The van der Waals surface area contributed by atoms with Crippen LogP contribution in [0.15, 0.2) is 60.7 Å². The molecule has 0 saturated carbocycles. The van der Waals surface area contributed by atoms with Gasteiger partial charge in [0.2, 0.25) is 0 Å². The molecule has 1 heterocycles. The molecule has 0 unspecified atom stereocenters. The molecule has 1 aliphatic rings. The van der Waals surface area contributed by atoms with E-state index < -0.39 is 5.97 Å². The molecule has 2 aromatic rings. The molecule has 1 aliphatic heterocycles. The lowest BCUT2D eigenvalue weighted by Gasteiger charge is -2.30. The van der Waals surface area contributed by atoms with Gasteiger partial charge in [-0.15, -0.1) is 0 Å². The van der Waals surface area contributed by atoms with E-state index in [1.54, 1.807) is 0 Å². The molecule has 0 bridgehead atoms. The molecular weight excluding hydrogens is 326 g/mol. The smallest absolute Gasteiger partial charge is 0.307 e. The molecule has 1 saturated heterocycles. The van der Waals surface area contributed by atoms with Crippen molar-refractivity contribution in [2.24, 2.45) is 5.92 Å². The van der Waals surface area contributed by atoms with Gasteiger partial charge in [-0.1, -0.05) is 60.7 Å². The second kappa shape index (κ2) is 9.51. The highest BCUT2D eigenvalue weighted by molar-refractivity contribution is 5.70. The summed E-state index contributed by atoms with van der Waals surface area (Å²) < 4.78 is 6.01. The average molecular weight is 353 g/mol. The average Bonchev–Trinajstić information content (AvgIpc) is 2.69. The van der Waals surface area contributed by atoms with Gasteiger partial charge in [-0.05, 0) is 30.5 Å². The van der Waals surface area contributed by atoms with E-state index in [0.29, 0.717) is 19.8 Å². The number of likely N-dealkylation sites (tertiary alicyclic amines) is 1. The van der Waals surface area contributed by atoms with Crippen molar-refractivity contribution >= 4 is 5.97 Å². The van der Waals surface area contributed by atoms with Crippen molar-refractivity contribution in [1.29, 1.82) is 0 Å². The Bertz CT molecular complexity index is 635. The number of hydrogen-bond donors (Lipinski definition) is 1. The lowest BCUT2D eigenvalue weighted by atomic mass is 9.92. The molecule has 0 radical (unpaired) electrons. The van der Waals surface area contributed by atoms with Crippen molar-refractivity contribution in [3.05, 3.63) is 71.8 Å². The number of aliphatic carboxylic acids is 1. The second-order valence-corrected chi connectivity index (χ2v) is 6.93. The van der Waals surface area contributed by atoms with E-state index in [-0.39, 0.29) is 11.8 Å². The number of carboxylic acids is 1. The van der Waals surface area contributed by atoms with Gasteiger partial charge in [0.15, 0.2) is 0 Å². The van der Waals surface area contributed by atoms with Crippen molar-refractivity contribution in [2.45, 2.75) is 18.8 Å². The van der Waals surface area contributed by atoms with Crippen molar-refractivity contribution in [3.8, 4) is 0 Å². The van der Waals surface area contributed by atoms with Gasteiger partial charge in [-0.2, -0.15) is 0 Å². The Hall–Kier alpha value is -2.17. The Morgan fingerprint density at radius 2 is 1.69 bits per heavy atom. The SMILES string of the molecule is O=C(O)[C@@H]1CCCN(CCOCC(c2ccccc2)c2ccccc2)C1. The van der Waals surface area contributed by atoms with Crippen molar-refractivity contribution < 1.29 is 14.6 Å². The van der Waals surface area contributed by atoms with Crippen LogP contribution in [0.4, 0.5) is 0 Å². The zero-order valence-electron chi connectivity index (χ0n) is 15.1. The third-order valence-electron chi connectivity index (χ3n) is 5.10. The van der Waals surface area contributed by atoms with Crippen LogP contribution in [0.2, 0.25) is 0 Å². The summed E-state index contributed by atoms with van der Waals surface area (Å²) in [5.41, 5.74) is 2.50. The lowest BCUT2D eigenvalue weighted by Crippen LogP contribution is -2.40. The maximum absolute atomic E-state index is 11.2. The van der Waals surface area contributed by atoms with Gasteiger partial charge in [-0.25, -0.2) is 0 Å². The fourth-order valence-electron chi connectivity index (χ4n) is 3.61. The predicted molar refractivity (Wildman–Crippen MR) is 102 cm³/mol. The maximum Gasteiger partial charge on any atom is 0.307 e. The van der Waals surface area contributed by atoms with Crippen LogP contribution in [0.3, 0.4) is 0 Å². The molecule has 0 aromatic heterocycles. The van der Waals surface area contributed by atoms with Crippen molar-refractivity contribution in [2.75, 3.05) is 32.8 Å². The molecule has 1 N–H and O–H groups in total. The summed E-state index contributed by atoms with van der Waals surface area (Å²) in [6.45, 7) is 3.65. The molecule has 0 amide bonds. The van der Waals surface area contributed by atoms with Gasteiger partial charge in [0.25, 0.3) is 0 Å². The summed E-state index contributed by atoms with van der Waals surface area (Å²) >= 11 is 0. The molecule has 3 rings (SSSR count). The van der Waals surface area contributed by atoms with Crippen molar-refractivity contribution in [1.82, 2.24) is 4.90 Å². The first-order valence-corrected chi connectivity index (χ1v) is 9.37. The van der Waals surface area contributed by atoms with E-state index in [0.717, 1.165) is 25.9 Å². The molecule has 4 heteroatoms. The summed E-state index contributed by atoms with van der Waals surface area (Å²) in [5.74, 6) is -0.695. The van der Waals surface area contributed by atoms with Crippen LogP contribution in [-0.4, -0.2) is 48.8 Å². The van der Waals surface area contributed by atoms with Gasteiger partial charge in [0.1, 0.15) is 0 Å². The zero-order chi connectivity index (χ0) is 18.2. The van der Waals surface area contributed by atoms with Crippen LogP contribution in [0.25, 0.3) is 0 Å². The van der Waals surface area contributed by atoms with E-state index >= 15 is 0 Å². The third-order valence-corrected chi connectivity index (χ3v) is 5.10. The van der Waals surface area contributed by atoms with Gasteiger partial charge in [0, 0.05) is 19.0 Å². The van der Waals surface area contributed by atoms with Gasteiger partial charge >= 0.3 is 5.97 Å². The molecule has 0 spiro atoms. The highest BCUT2D eigenvalue weighted by Crippen LogP contribution is 2.25. The highest BCUT2D eigenvalue weighted by atomic mass is 16.5. The Balaban J connectivity index is 1.53. The molecular formula is C22H27NO3. The summed E-state index contributed by atoms with van der Waals surface area (Å²) in [5, 5.41) is 9.19. The number of hydrogen-bond acceptors (Lipinski definition) is 3. The minimum absolute atomic E-state index is 0.213. The highest BCUT2D eigenvalue weighted by Gasteiger charge is 2.25. The van der Waals surface area contributed by atoms with Crippen LogP contribution < -0.4 is 0 Å². The van der Waals surface area contributed by atoms with E-state index in [9.17, 15) is 9.90 Å². The number of rotatable bonds is 8. The largest absolute Gasteiger partial charge is 0.481 e. The van der Waals surface area contributed by atoms with E-state index in [2.05, 4.69) is 53.4 Å². The summed E-state index contributed by atoms with van der Waals surface area (Å²) in [7, 11) is 0. The second-order valence-electron chi connectivity index (χ2n) is 6.93. The normalized spacial score (nSPS) is 18.1. The van der Waals surface area contributed by atoms with E-state index in [1.165, 1.54) is 11.1 Å². The van der Waals surface area contributed by atoms with E-state index in [1.807, 2.05) is 12.1 Å². The Morgan fingerprint density at radius 1 is 1.08 bits per heavy atom. The molecule has 138 valence electrons. The first-order valence-electron chi connectivity index (χ1n) is 9.37. The Labute approximate surface area is 155 Å². The monoisotopic (exact) mass is 353 g/mol. The summed E-state index contributed by atoms with van der Waals surface area (Å²) in [4.78, 5) is 13.4. The van der Waals surface area contributed by atoms with Crippen LogP contribution in [0.1, 0.15) is 29.9 Å². The topological polar surface area (TPSA) is 49.8 Å². The van der Waals surface area contributed by atoms with Crippen LogP contribution in [0.5, 0.6) is 0 Å². The molecule has 26 heavy (non-hydrogen) atoms. The van der Waals surface area contributed by atoms with Gasteiger partial charge in [-0.3, -0.25) is 4.79 Å². The molecule has 4 nitrogen and oxygen atoms in total. The fraction of sp³-hybridized carbons (Fsp3) is 0.409. The summed E-state index contributed by atoms with van der Waals surface area (Å²) in [6.07, 6.45) is 1.74.